The highest BCUT2D eigenvalue weighted by Gasteiger charge is 2.26. The van der Waals surface area contributed by atoms with Crippen LogP contribution in [0.3, 0.4) is 0 Å². The fourth-order valence-electron chi connectivity index (χ4n) is 2.35. The molecule has 0 radical (unpaired) electrons. The maximum absolute atomic E-state index is 5.62. The number of thioether (sulfide) groups is 1. The van der Waals surface area contributed by atoms with Gasteiger partial charge in [-0.25, -0.2) is 4.98 Å². The van der Waals surface area contributed by atoms with Crippen molar-refractivity contribution < 1.29 is 4.74 Å². The van der Waals surface area contributed by atoms with Crippen LogP contribution in [-0.2, 0) is 4.74 Å². The number of hydrogen-bond acceptors (Lipinski definition) is 5. The molecule has 0 amide bonds. The molecule has 5 heteroatoms. The molecule has 3 nitrogen and oxygen atoms in total. The van der Waals surface area contributed by atoms with Crippen LogP contribution in [0.4, 0.5) is 0 Å². The average Bonchev–Trinajstić information content (AvgIpc) is 2.83. The number of nitrogens with zero attached hydrogens (tertiary/aromatic N) is 1. The maximum Gasteiger partial charge on any atom is 0.151 e. The zero-order valence-corrected chi connectivity index (χ0v) is 12.6. The molecule has 19 heavy (non-hydrogen) atoms. The van der Waals surface area contributed by atoms with Crippen LogP contribution in [0.25, 0.3) is 10.2 Å². The van der Waals surface area contributed by atoms with Crippen LogP contribution < -0.4 is 5.32 Å². The van der Waals surface area contributed by atoms with Gasteiger partial charge in [-0.2, -0.15) is 0 Å². The lowest BCUT2D eigenvalue weighted by atomic mass is 10.1. The number of para-hydroxylation sites is 1. The van der Waals surface area contributed by atoms with E-state index in [1.807, 2.05) is 17.8 Å². The van der Waals surface area contributed by atoms with Crippen molar-refractivity contribution in [3.63, 3.8) is 0 Å². The van der Waals surface area contributed by atoms with Gasteiger partial charge in [0.05, 0.1) is 22.1 Å². The lowest BCUT2D eigenvalue weighted by Gasteiger charge is -2.30. The predicted octanol–water partition coefficient (Wildman–Crippen LogP) is 3.16. The number of aromatic nitrogens is 1. The number of rotatable bonds is 4. The van der Waals surface area contributed by atoms with Crippen molar-refractivity contribution in [3.8, 4) is 0 Å². The van der Waals surface area contributed by atoms with Gasteiger partial charge in [0.15, 0.2) is 4.34 Å². The van der Waals surface area contributed by atoms with E-state index in [0.29, 0.717) is 11.3 Å². The van der Waals surface area contributed by atoms with Crippen LogP contribution in [0.5, 0.6) is 0 Å². The predicted molar refractivity (Wildman–Crippen MR) is 82.2 cm³/mol. The summed E-state index contributed by atoms with van der Waals surface area (Å²) < 4.78 is 8.04. The molecule has 1 N–H and O–H groups in total. The molecule has 2 heterocycles. The van der Waals surface area contributed by atoms with Crippen LogP contribution in [-0.4, -0.2) is 36.0 Å². The quantitative estimate of drug-likeness (QED) is 0.939. The summed E-state index contributed by atoms with van der Waals surface area (Å²) in [6.07, 6.45) is 1.09. The van der Waals surface area contributed by atoms with Gasteiger partial charge < -0.3 is 10.1 Å². The third-order valence-corrected chi connectivity index (χ3v) is 5.73. The summed E-state index contributed by atoms with van der Waals surface area (Å²) >= 11 is 3.64. The van der Waals surface area contributed by atoms with Crippen molar-refractivity contribution in [1.29, 1.82) is 0 Å². The van der Waals surface area contributed by atoms with Crippen LogP contribution in [0.2, 0.25) is 0 Å². The van der Waals surface area contributed by atoms with Gasteiger partial charge in [0.1, 0.15) is 0 Å². The van der Waals surface area contributed by atoms with E-state index in [2.05, 4.69) is 30.4 Å². The van der Waals surface area contributed by atoms with Crippen molar-refractivity contribution in [2.75, 3.05) is 19.8 Å². The Morgan fingerprint density at radius 2 is 2.37 bits per heavy atom. The van der Waals surface area contributed by atoms with Gasteiger partial charge in [0.2, 0.25) is 0 Å². The van der Waals surface area contributed by atoms with Gasteiger partial charge in [-0.1, -0.05) is 30.8 Å². The summed E-state index contributed by atoms with van der Waals surface area (Å²) in [6.45, 7) is 4.86. The fourth-order valence-corrected chi connectivity index (χ4v) is 4.86. The molecule has 0 bridgehead atoms. The Hall–Kier alpha value is -0.620. The molecule has 1 aromatic heterocycles. The molecule has 0 spiro atoms. The van der Waals surface area contributed by atoms with E-state index in [1.54, 1.807) is 11.3 Å². The standard InChI is InChI=1S/C14H18N2OS2/c1-2-15-10-7-8-17-9-13(10)19-14-16-11-5-3-4-6-12(11)18-14/h3-6,10,13,15H,2,7-9H2,1H3. The normalized spacial score (nSPS) is 23.8. The summed E-state index contributed by atoms with van der Waals surface area (Å²) in [4.78, 5) is 4.70. The minimum Gasteiger partial charge on any atom is -0.380 e. The number of fused-ring (bicyclic) bond motifs is 1. The van der Waals surface area contributed by atoms with E-state index in [-0.39, 0.29) is 0 Å². The molecule has 0 saturated carbocycles. The van der Waals surface area contributed by atoms with E-state index >= 15 is 0 Å². The summed E-state index contributed by atoms with van der Waals surface area (Å²) in [7, 11) is 0. The molecule has 2 aromatic rings. The molecule has 1 saturated heterocycles. The van der Waals surface area contributed by atoms with E-state index in [4.69, 9.17) is 9.72 Å². The second-order valence-electron chi connectivity index (χ2n) is 4.63. The van der Waals surface area contributed by atoms with Gasteiger partial charge in [-0.3, -0.25) is 0 Å². The fraction of sp³-hybridized carbons (Fsp3) is 0.500. The third-order valence-electron chi connectivity index (χ3n) is 3.30. The molecule has 2 atom stereocenters. The van der Waals surface area contributed by atoms with E-state index in [9.17, 15) is 0 Å². The lowest BCUT2D eigenvalue weighted by molar-refractivity contribution is 0.0837. The van der Waals surface area contributed by atoms with Gasteiger partial charge >= 0.3 is 0 Å². The molecule has 0 aliphatic carbocycles. The maximum atomic E-state index is 5.62. The lowest BCUT2D eigenvalue weighted by Crippen LogP contribution is -2.44. The van der Waals surface area contributed by atoms with Crippen LogP contribution in [0.1, 0.15) is 13.3 Å². The van der Waals surface area contributed by atoms with E-state index in [0.717, 1.165) is 36.0 Å². The minimum atomic E-state index is 0.467. The smallest absolute Gasteiger partial charge is 0.151 e. The molecule has 1 aromatic carbocycles. The Bertz CT molecular complexity index is 508. The molecular formula is C14H18N2OS2. The largest absolute Gasteiger partial charge is 0.380 e. The van der Waals surface area contributed by atoms with Crippen molar-refractivity contribution in [1.82, 2.24) is 10.3 Å². The van der Waals surface area contributed by atoms with E-state index in [1.165, 1.54) is 4.70 Å². The van der Waals surface area contributed by atoms with Crippen molar-refractivity contribution in [2.45, 2.75) is 29.0 Å². The summed E-state index contributed by atoms with van der Waals surface area (Å²) in [5, 5.41) is 4.03. The van der Waals surface area contributed by atoms with Crippen molar-refractivity contribution in [3.05, 3.63) is 24.3 Å². The highest BCUT2D eigenvalue weighted by Crippen LogP contribution is 2.34. The molecule has 1 aliphatic rings. The average molecular weight is 294 g/mol. The number of benzene rings is 1. The topological polar surface area (TPSA) is 34.1 Å². The first kappa shape index (κ1) is 13.4. The SMILES string of the molecule is CCNC1CCOCC1Sc1nc2ccccc2s1. The van der Waals surface area contributed by atoms with Gasteiger partial charge in [0.25, 0.3) is 0 Å². The highest BCUT2D eigenvalue weighted by molar-refractivity contribution is 8.01. The van der Waals surface area contributed by atoms with Gasteiger partial charge in [-0.05, 0) is 25.1 Å². The molecule has 1 fully saturated rings. The second-order valence-corrected chi connectivity index (χ2v) is 7.15. The Balaban J connectivity index is 1.75. The van der Waals surface area contributed by atoms with Crippen LogP contribution in [0.15, 0.2) is 28.6 Å². The summed E-state index contributed by atoms with van der Waals surface area (Å²) in [6, 6.07) is 8.86. The zero-order valence-electron chi connectivity index (χ0n) is 11.0. The Labute approximate surface area is 121 Å². The number of nitrogens with one attached hydrogen (secondary N) is 1. The van der Waals surface area contributed by atoms with Gasteiger partial charge in [0, 0.05) is 12.6 Å². The first-order chi connectivity index (χ1) is 9.36. The molecular weight excluding hydrogens is 276 g/mol. The zero-order chi connectivity index (χ0) is 13.1. The summed E-state index contributed by atoms with van der Waals surface area (Å²) in [5.41, 5.74) is 1.10. The second kappa shape index (κ2) is 6.22. The summed E-state index contributed by atoms with van der Waals surface area (Å²) in [5.74, 6) is 0. The third kappa shape index (κ3) is 3.11. The minimum absolute atomic E-state index is 0.467. The number of ether oxygens (including phenoxy) is 1. The number of thiazole rings is 1. The van der Waals surface area contributed by atoms with Crippen molar-refractivity contribution >= 4 is 33.3 Å². The Morgan fingerprint density at radius 3 is 3.21 bits per heavy atom. The first-order valence-corrected chi connectivity index (χ1v) is 8.40. The van der Waals surface area contributed by atoms with Gasteiger partial charge in [-0.15, -0.1) is 11.3 Å². The Morgan fingerprint density at radius 1 is 1.47 bits per heavy atom. The van der Waals surface area contributed by atoms with Crippen LogP contribution in [0, 0.1) is 0 Å². The number of hydrogen-bond donors (Lipinski definition) is 1. The molecule has 2 unspecified atom stereocenters. The monoisotopic (exact) mass is 294 g/mol. The first-order valence-electron chi connectivity index (χ1n) is 6.70. The molecule has 3 rings (SSSR count). The molecule has 102 valence electrons. The van der Waals surface area contributed by atoms with E-state index < -0.39 is 0 Å². The van der Waals surface area contributed by atoms with Crippen LogP contribution >= 0.6 is 23.1 Å². The Kier molecular flexibility index (Phi) is 4.38. The molecule has 1 aliphatic heterocycles. The van der Waals surface area contributed by atoms with Crippen molar-refractivity contribution in [2.24, 2.45) is 0 Å². The highest BCUT2D eigenvalue weighted by atomic mass is 32.2.